The normalized spacial score (nSPS) is 14.7. The summed E-state index contributed by atoms with van der Waals surface area (Å²) in [7, 11) is 0. The first-order chi connectivity index (χ1) is 8.25. The summed E-state index contributed by atoms with van der Waals surface area (Å²) in [6.45, 7) is 1.17. The van der Waals surface area contributed by atoms with Gasteiger partial charge in [0.2, 0.25) is 0 Å². The van der Waals surface area contributed by atoms with E-state index in [-0.39, 0.29) is 0 Å². The van der Waals surface area contributed by atoms with E-state index in [9.17, 15) is 0 Å². The van der Waals surface area contributed by atoms with Crippen molar-refractivity contribution in [1.82, 2.24) is 20.0 Å². The van der Waals surface area contributed by atoms with Gasteiger partial charge in [-0.1, -0.05) is 23.2 Å². The van der Waals surface area contributed by atoms with Crippen LogP contribution in [0.15, 0.2) is 12.1 Å². The van der Waals surface area contributed by atoms with Gasteiger partial charge >= 0.3 is 0 Å². The van der Waals surface area contributed by atoms with Gasteiger partial charge in [0.05, 0.1) is 18.9 Å². The molecule has 88 valence electrons. The average Bonchev–Trinajstić information content (AvgIpc) is 2.69. The van der Waals surface area contributed by atoms with Crippen LogP contribution in [0, 0.1) is 0 Å². The molecule has 0 aliphatic carbocycles. The Labute approximate surface area is 107 Å². The second kappa shape index (κ2) is 4.25. The first kappa shape index (κ1) is 11.0. The molecule has 17 heavy (non-hydrogen) atoms. The van der Waals surface area contributed by atoms with Gasteiger partial charge in [-0.25, -0.2) is 4.68 Å². The predicted octanol–water partition coefficient (Wildman–Crippen LogP) is 2.04. The average molecular weight is 271 g/mol. The van der Waals surface area contributed by atoms with Gasteiger partial charge in [-0.15, -0.1) is 10.2 Å². The van der Waals surface area contributed by atoms with Crippen LogP contribution in [0.2, 0.25) is 10.3 Å². The van der Waals surface area contributed by atoms with E-state index in [1.54, 1.807) is 16.8 Å². The second-order valence-corrected chi connectivity index (χ2v) is 4.39. The molecule has 0 radical (unpaired) electrons. The van der Waals surface area contributed by atoms with Crippen molar-refractivity contribution < 1.29 is 4.74 Å². The number of ether oxygens (including phenoxy) is 1. The van der Waals surface area contributed by atoms with Crippen LogP contribution in [0.25, 0.3) is 5.82 Å². The number of fused-ring (bicyclic) bond motifs is 1. The van der Waals surface area contributed by atoms with Crippen molar-refractivity contribution in [3.05, 3.63) is 33.7 Å². The Balaban J connectivity index is 2.09. The Morgan fingerprint density at radius 2 is 2.12 bits per heavy atom. The molecule has 0 bridgehead atoms. The maximum atomic E-state index is 6.24. The van der Waals surface area contributed by atoms with Crippen molar-refractivity contribution in [2.45, 2.75) is 13.0 Å². The molecule has 0 amide bonds. The Bertz CT molecular complexity index is 552. The van der Waals surface area contributed by atoms with Crippen LogP contribution in [-0.4, -0.2) is 26.6 Å². The lowest BCUT2D eigenvalue weighted by Crippen LogP contribution is -2.08. The first-order valence-corrected chi connectivity index (χ1v) is 5.85. The van der Waals surface area contributed by atoms with Crippen molar-refractivity contribution >= 4 is 23.2 Å². The maximum Gasteiger partial charge on any atom is 0.177 e. The van der Waals surface area contributed by atoms with E-state index in [0.29, 0.717) is 29.3 Å². The van der Waals surface area contributed by atoms with Gasteiger partial charge in [0.15, 0.2) is 11.0 Å². The van der Waals surface area contributed by atoms with E-state index in [4.69, 9.17) is 27.9 Å². The Morgan fingerprint density at radius 3 is 2.82 bits per heavy atom. The van der Waals surface area contributed by atoms with Gasteiger partial charge in [-0.05, 0) is 12.1 Å². The van der Waals surface area contributed by atoms with Gasteiger partial charge in [-0.2, -0.15) is 5.10 Å². The van der Waals surface area contributed by atoms with Crippen molar-refractivity contribution in [2.75, 3.05) is 6.61 Å². The first-order valence-electron chi connectivity index (χ1n) is 5.09. The molecule has 0 unspecified atom stereocenters. The van der Waals surface area contributed by atoms with Crippen molar-refractivity contribution in [2.24, 2.45) is 0 Å². The standard InChI is InChI=1S/C10H8Cl2N4O/c11-8-1-2-9(14-13-8)16-10(12)6-5-17-4-3-7(6)15-16/h1-2H,3-5H2. The zero-order valence-corrected chi connectivity index (χ0v) is 10.2. The highest BCUT2D eigenvalue weighted by molar-refractivity contribution is 6.30. The molecule has 0 fully saturated rings. The van der Waals surface area contributed by atoms with E-state index < -0.39 is 0 Å². The summed E-state index contributed by atoms with van der Waals surface area (Å²) in [6, 6.07) is 3.37. The molecule has 3 heterocycles. The molecular weight excluding hydrogens is 263 g/mol. The van der Waals surface area contributed by atoms with Crippen LogP contribution in [0.5, 0.6) is 0 Å². The van der Waals surface area contributed by atoms with Crippen LogP contribution < -0.4 is 0 Å². The van der Waals surface area contributed by atoms with Crippen LogP contribution in [-0.2, 0) is 17.8 Å². The fourth-order valence-electron chi connectivity index (χ4n) is 1.73. The Kier molecular flexibility index (Phi) is 2.74. The fraction of sp³-hybridized carbons (Fsp3) is 0.300. The third-order valence-electron chi connectivity index (χ3n) is 2.57. The summed E-state index contributed by atoms with van der Waals surface area (Å²) in [6.07, 6.45) is 0.767. The highest BCUT2D eigenvalue weighted by atomic mass is 35.5. The van der Waals surface area contributed by atoms with E-state index in [1.165, 1.54) is 0 Å². The number of hydrogen-bond acceptors (Lipinski definition) is 4. The lowest BCUT2D eigenvalue weighted by Gasteiger charge is -2.09. The topological polar surface area (TPSA) is 52.8 Å². The van der Waals surface area contributed by atoms with Crippen LogP contribution >= 0.6 is 23.2 Å². The predicted molar refractivity (Wildman–Crippen MR) is 62.5 cm³/mol. The van der Waals surface area contributed by atoms with Gasteiger partial charge < -0.3 is 4.74 Å². The third kappa shape index (κ3) is 1.90. The number of rotatable bonds is 1. The Hall–Kier alpha value is -1.17. The van der Waals surface area contributed by atoms with Crippen molar-refractivity contribution in [3.63, 3.8) is 0 Å². The van der Waals surface area contributed by atoms with E-state index in [0.717, 1.165) is 17.7 Å². The lowest BCUT2D eigenvalue weighted by molar-refractivity contribution is 0.110. The molecule has 0 spiro atoms. The molecule has 7 heteroatoms. The van der Waals surface area contributed by atoms with Crippen molar-refractivity contribution in [1.29, 1.82) is 0 Å². The quantitative estimate of drug-likeness (QED) is 0.796. The number of nitrogens with zero attached hydrogens (tertiary/aromatic N) is 4. The van der Waals surface area contributed by atoms with Crippen LogP contribution in [0.3, 0.4) is 0 Å². The van der Waals surface area contributed by atoms with Gasteiger partial charge in [-0.3, -0.25) is 0 Å². The molecule has 2 aromatic heterocycles. The minimum Gasteiger partial charge on any atom is -0.376 e. The monoisotopic (exact) mass is 270 g/mol. The van der Waals surface area contributed by atoms with Crippen LogP contribution in [0.4, 0.5) is 0 Å². The molecule has 0 saturated carbocycles. The van der Waals surface area contributed by atoms with Crippen molar-refractivity contribution in [3.8, 4) is 5.82 Å². The number of aromatic nitrogens is 4. The van der Waals surface area contributed by atoms with E-state index >= 15 is 0 Å². The summed E-state index contributed by atoms with van der Waals surface area (Å²) in [5, 5.41) is 13.0. The summed E-state index contributed by atoms with van der Waals surface area (Å²) in [4.78, 5) is 0. The zero-order chi connectivity index (χ0) is 11.8. The Morgan fingerprint density at radius 1 is 1.24 bits per heavy atom. The molecular formula is C10H8Cl2N4O. The molecule has 0 N–H and O–H groups in total. The lowest BCUT2D eigenvalue weighted by atomic mass is 10.2. The van der Waals surface area contributed by atoms with Gasteiger partial charge in [0.25, 0.3) is 0 Å². The molecule has 5 nitrogen and oxygen atoms in total. The SMILES string of the molecule is Clc1ccc(-n2nc3c(c2Cl)COCC3)nn1. The number of hydrogen-bond donors (Lipinski definition) is 0. The molecule has 0 atom stereocenters. The summed E-state index contributed by atoms with van der Waals surface area (Å²) < 4.78 is 6.91. The third-order valence-corrected chi connectivity index (χ3v) is 3.16. The molecule has 0 saturated heterocycles. The summed E-state index contributed by atoms with van der Waals surface area (Å²) in [5.74, 6) is 0.550. The van der Waals surface area contributed by atoms with Gasteiger partial charge in [0.1, 0.15) is 5.15 Å². The molecule has 2 aromatic rings. The second-order valence-electron chi connectivity index (χ2n) is 3.64. The van der Waals surface area contributed by atoms with Gasteiger partial charge in [0, 0.05) is 12.0 Å². The molecule has 0 aromatic carbocycles. The zero-order valence-electron chi connectivity index (χ0n) is 8.73. The summed E-state index contributed by atoms with van der Waals surface area (Å²) >= 11 is 11.9. The minimum atomic E-state index is 0.338. The summed E-state index contributed by atoms with van der Waals surface area (Å²) in [5.41, 5.74) is 1.88. The smallest absolute Gasteiger partial charge is 0.177 e. The highest BCUT2D eigenvalue weighted by Crippen LogP contribution is 2.26. The molecule has 3 rings (SSSR count). The minimum absolute atomic E-state index is 0.338. The molecule has 1 aliphatic rings. The van der Waals surface area contributed by atoms with Crippen LogP contribution in [0.1, 0.15) is 11.3 Å². The molecule has 1 aliphatic heterocycles. The van der Waals surface area contributed by atoms with E-state index in [1.807, 2.05) is 0 Å². The van der Waals surface area contributed by atoms with E-state index in [2.05, 4.69) is 15.3 Å². The fourth-order valence-corrected chi connectivity index (χ4v) is 2.12. The highest BCUT2D eigenvalue weighted by Gasteiger charge is 2.21. The number of halogens is 2. The largest absolute Gasteiger partial charge is 0.376 e. The maximum absolute atomic E-state index is 6.24.